The van der Waals surface area contributed by atoms with E-state index in [1.165, 1.54) is 0 Å². The molecule has 1 atom stereocenters. The lowest BCUT2D eigenvalue weighted by Gasteiger charge is -2.25. The molecule has 0 aromatic heterocycles. The minimum atomic E-state index is -0.915. The molecule has 1 aliphatic heterocycles. The van der Waals surface area contributed by atoms with Gasteiger partial charge in [0.2, 0.25) is 5.91 Å². The summed E-state index contributed by atoms with van der Waals surface area (Å²) in [6.45, 7) is 6.40. The molecule has 1 fully saturated rings. The van der Waals surface area contributed by atoms with Crippen LogP contribution in [0.4, 0.5) is 0 Å². The Bertz CT molecular complexity index is 1130. The first-order chi connectivity index (χ1) is 17.5. The van der Waals surface area contributed by atoms with Crippen LogP contribution in [0.25, 0.3) is 0 Å². The molecule has 0 spiro atoms. The van der Waals surface area contributed by atoms with Gasteiger partial charge in [0.1, 0.15) is 11.5 Å². The molecule has 1 aliphatic rings. The van der Waals surface area contributed by atoms with Gasteiger partial charge in [-0.15, -0.1) is 0 Å². The summed E-state index contributed by atoms with van der Waals surface area (Å²) >= 11 is 0. The van der Waals surface area contributed by atoms with E-state index in [-0.39, 0.29) is 11.9 Å². The van der Waals surface area contributed by atoms with Gasteiger partial charge in [-0.3, -0.25) is 9.69 Å². The fourth-order valence-electron chi connectivity index (χ4n) is 4.29. The molecule has 7 heteroatoms. The van der Waals surface area contributed by atoms with Gasteiger partial charge in [0.25, 0.3) is 0 Å². The lowest BCUT2D eigenvalue weighted by molar-refractivity contribution is -0.132. The normalized spacial score (nSPS) is 15.2. The average Bonchev–Trinajstić information content (AvgIpc) is 3.14. The molecule has 1 heterocycles. The van der Waals surface area contributed by atoms with Crippen LogP contribution in [0.15, 0.2) is 78.9 Å². The average molecular weight is 488 g/mol. The second-order valence-corrected chi connectivity index (χ2v) is 9.12. The summed E-state index contributed by atoms with van der Waals surface area (Å²) < 4.78 is 5.84. The number of amides is 1. The molecule has 3 aromatic rings. The van der Waals surface area contributed by atoms with Crippen molar-refractivity contribution in [2.75, 3.05) is 26.2 Å². The molecule has 0 saturated carbocycles. The maximum absolute atomic E-state index is 13.1. The Hall–Kier alpha value is -3.68. The van der Waals surface area contributed by atoms with E-state index in [0.29, 0.717) is 18.7 Å². The number of carboxylic acid groups (broad SMARTS) is 1. The quantitative estimate of drug-likeness (QED) is 0.466. The van der Waals surface area contributed by atoms with E-state index in [1.54, 1.807) is 12.1 Å². The molecule has 1 amide bonds. The molecule has 36 heavy (non-hydrogen) atoms. The molecule has 0 aliphatic carbocycles. The van der Waals surface area contributed by atoms with E-state index >= 15 is 0 Å². The van der Waals surface area contributed by atoms with Crippen LogP contribution in [0.2, 0.25) is 0 Å². The van der Waals surface area contributed by atoms with E-state index in [9.17, 15) is 9.59 Å². The number of carboxylic acids is 1. The van der Waals surface area contributed by atoms with Crippen LogP contribution >= 0.6 is 0 Å². The number of benzene rings is 3. The number of nitrogens with zero attached hydrogens (tertiary/aromatic N) is 2. The highest BCUT2D eigenvalue weighted by Crippen LogP contribution is 2.21. The topological polar surface area (TPSA) is 82.1 Å². The lowest BCUT2D eigenvalue weighted by atomic mass is 10.1. The predicted octanol–water partition coefficient (Wildman–Crippen LogP) is 4.39. The highest BCUT2D eigenvalue weighted by Gasteiger charge is 2.23. The number of aromatic carboxylic acids is 1. The molecule has 0 bridgehead atoms. The Kier molecular flexibility index (Phi) is 8.71. The van der Waals surface area contributed by atoms with Gasteiger partial charge in [0, 0.05) is 39.3 Å². The van der Waals surface area contributed by atoms with Gasteiger partial charge < -0.3 is 20.1 Å². The highest BCUT2D eigenvalue weighted by molar-refractivity contribution is 5.87. The smallest absolute Gasteiger partial charge is 0.335 e. The summed E-state index contributed by atoms with van der Waals surface area (Å²) in [5, 5.41) is 12.4. The fraction of sp³-hybridized carbons (Fsp3) is 0.310. The molecule has 0 unspecified atom stereocenters. The molecule has 2 N–H and O–H groups in total. The number of ether oxygens (including phenoxy) is 1. The molecule has 4 rings (SSSR count). The van der Waals surface area contributed by atoms with Crippen LogP contribution in [-0.2, 0) is 17.9 Å². The summed E-state index contributed by atoms with van der Waals surface area (Å²) in [6, 6.07) is 24.3. The van der Waals surface area contributed by atoms with E-state index in [4.69, 9.17) is 9.84 Å². The van der Waals surface area contributed by atoms with Gasteiger partial charge in [-0.25, -0.2) is 4.79 Å². The first-order valence-corrected chi connectivity index (χ1v) is 12.4. The zero-order valence-corrected chi connectivity index (χ0v) is 20.6. The third kappa shape index (κ3) is 7.16. The number of para-hydroxylation sites is 1. The molecule has 188 valence electrons. The summed E-state index contributed by atoms with van der Waals surface area (Å²) in [7, 11) is 0. The van der Waals surface area contributed by atoms with Crippen LogP contribution in [-0.4, -0.2) is 59.0 Å². The summed E-state index contributed by atoms with van der Waals surface area (Å²) in [4.78, 5) is 28.4. The third-order valence-electron chi connectivity index (χ3n) is 6.39. The van der Waals surface area contributed by atoms with Crippen LogP contribution in [0, 0.1) is 0 Å². The number of hydrogen-bond acceptors (Lipinski definition) is 5. The maximum atomic E-state index is 13.1. The Morgan fingerprint density at radius 2 is 1.53 bits per heavy atom. The second-order valence-electron chi connectivity index (χ2n) is 9.12. The van der Waals surface area contributed by atoms with Crippen molar-refractivity contribution in [3.05, 3.63) is 95.6 Å². The third-order valence-corrected chi connectivity index (χ3v) is 6.39. The Morgan fingerprint density at radius 3 is 2.22 bits per heavy atom. The SMILES string of the molecule is C[C@H](NCc1ccc(Oc2ccccc2)cc1)C(=O)N1CCCN(Cc2ccc(C(=O)O)cc2)CC1. The monoisotopic (exact) mass is 487 g/mol. The van der Waals surface area contributed by atoms with Crippen LogP contribution in [0.1, 0.15) is 34.8 Å². The molecule has 0 radical (unpaired) electrons. The van der Waals surface area contributed by atoms with Crippen molar-refractivity contribution in [2.24, 2.45) is 0 Å². The van der Waals surface area contributed by atoms with Gasteiger partial charge >= 0.3 is 5.97 Å². The number of rotatable bonds is 9. The zero-order chi connectivity index (χ0) is 25.3. The Balaban J connectivity index is 1.22. The summed E-state index contributed by atoms with van der Waals surface area (Å²) in [5.74, 6) is 0.782. The van der Waals surface area contributed by atoms with E-state index < -0.39 is 5.97 Å². The fourth-order valence-corrected chi connectivity index (χ4v) is 4.29. The Labute approximate surface area is 212 Å². The van der Waals surface area contributed by atoms with Crippen molar-refractivity contribution in [1.29, 1.82) is 0 Å². The number of carbonyl (C=O) groups is 2. The molecular weight excluding hydrogens is 454 g/mol. The van der Waals surface area contributed by atoms with Gasteiger partial charge in [-0.05, 0) is 60.9 Å². The van der Waals surface area contributed by atoms with Gasteiger partial charge in [0.05, 0.1) is 11.6 Å². The molecular formula is C29H33N3O4. The minimum absolute atomic E-state index is 0.117. The minimum Gasteiger partial charge on any atom is -0.478 e. The van der Waals surface area contributed by atoms with Crippen LogP contribution in [0.3, 0.4) is 0 Å². The summed E-state index contributed by atoms with van der Waals surface area (Å²) in [6.07, 6.45) is 0.911. The number of carbonyl (C=O) groups excluding carboxylic acids is 1. The second kappa shape index (κ2) is 12.3. The van der Waals surface area contributed by atoms with Crippen molar-refractivity contribution < 1.29 is 19.4 Å². The summed E-state index contributed by atoms with van der Waals surface area (Å²) in [5.41, 5.74) is 2.46. The first-order valence-electron chi connectivity index (χ1n) is 12.4. The van der Waals surface area contributed by atoms with E-state index in [0.717, 1.165) is 55.2 Å². The first kappa shape index (κ1) is 25.4. The van der Waals surface area contributed by atoms with Gasteiger partial charge in [0.15, 0.2) is 0 Å². The highest BCUT2D eigenvalue weighted by atomic mass is 16.5. The van der Waals surface area contributed by atoms with E-state index in [1.807, 2.05) is 78.6 Å². The predicted molar refractivity (Wildman–Crippen MR) is 139 cm³/mol. The maximum Gasteiger partial charge on any atom is 0.335 e. The van der Waals surface area contributed by atoms with Gasteiger partial charge in [-0.2, -0.15) is 0 Å². The number of hydrogen-bond donors (Lipinski definition) is 2. The van der Waals surface area contributed by atoms with Crippen molar-refractivity contribution >= 4 is 11.9 Å². The van der Waals surface area contributed by atoms with Crippen molar-refractivity contribution in [1.82, 2.24) is 15.1 Å². The van der Waals surface area contributed by atoms with Crippen molar-refractivity contribution in [3.63, 3.8) is 0 Å². The van der Waals surface area contributed by atoms with Crippen LogP contribution in [0.5, 0.6) is 11.5 Å². The molecule has 3 aromatic carbocycles. The molecule has 7 nitrogen and oxygen atoms in total. The Morgan fingerprint density at radius 1 is 0.861 bits per heavy atom. The number of nitrogens with one attached hydrogen (secondary N) is 1. The van der Waals surface area contributed by atoms with Crippen molar-refractivity contribution in [3.8, 4) is 11.5 Å². The zero-order valence-electron chi connectivity index (χ0n) is 20.6. The van der Waals surface area contributed by atoms with Crippen molar-refractivity contribution in [2.45, 2.75) is 32.5 Å². The van der Waals surface area contributed by atoms with Gasteiger partial charge in [-0.1, -0.05) is 42.5 Å². The standard InChI is InChI=1S/C29H33N3O4/c1-22(30-20-23-10-14-27(15-11-23)36-26-6-3-2-4-7-26)28(33)32-17-5-16-31(18-19-32)21-24-8-12-25(13-9-24)29(34)35/h2-4,6-15,22,30H,5,16-21H2,1H3,(H,34,35)/t22-/m0/s1. The molecule has 1 saturated heterocycles. The van der Waals surface area contributed by atoms with E-state index in [2.05, 4.69) is 10.2 Å². The largest absolute Gasteiger partial charge is 0.478 e. The lowest BCUT2D eigenvalue weighted by Crippen LogP contribution is -2.46. The van der Waals surface area contributed by atoms with Crippen LogP contribution < -0.4 is 10.1 Å².